The number of ether oxygens (including phenoxy) is 1. The van der Waals surface area contributed by atoms with E-state index in [1.165, 1.54) is 19.4 Å². The number of hydrogen-bond acceptors (Lipinski definition) is 4. The second kappa shape index (κ2) is 6.71. The van der Waals surface area contributed by atoms with Crippen LogP contribution >= 0.6 is 11.6 Å². The second-order valence-corrected chi connectivity index (χ2v) is 4.43. The first kappa shape index (κ1) is 14.8. The zero-order chi connectivity index (χ0) is 15.2. The van der Waals surface area contributed by atoms with Gasteiger partial charge in [-0.1, -0.05) is 11.6 Å². The highest BCUT2D eigenvalue weighted by Gasteiger charge is 2.13. The predicted molar refractivity (Wildman–Crippen MR) is 79.9 cm³/mol. The van der Waals surface area contributed by atoms with Crippen molar-refractivity contribution in [3.8, 4) is 5.75 Å². The van der Waals surface area contributed by atoms with Gasteiger partial charge in [-0.2, -0.15) is 0 Å². The van der Waals surface area contributed by atoms with Gasteiger partial charge in [-0.3, -0.25) is 9.59 Å². The first-order chi connectivity index (χ1) is 10.1. The van der Waals surface area contributed by atoms with Crippen LogP contribution in [-0.2, 0) is 4.79 Å². The maximum absolute atomic E-state index is 12.3. The quantitative estimate of drug-likeness (QED) is 0.832. The van der Waals surface area contributed by atoms with Gasteiger partial charge in [0.15, 0.2) is 0 Å². The Hall–Kier alpha value is -2.60. The third-order valence-electron chi connectivity index (χ3n) is 2.65. The zero-order valence-electron chi connectivity index (χ0n) is 11.1. The largest absolute Gasteiger partial charge is 0.497 e. The molecule has 0 radical (unpaired) electrons. The summed E-state index contributed by atoms with van der Waals surface area (Å²) in [5.74, 6) is 0.429. The first-order valence-corrected chi connectivity index (χ1v) is 6.33. The van der Waals surface area contributed by atoms with Crippen LogP contribution < -0.4 is 15.4 Å². The normalized spacial score (nSPS) is 9.81. The van der Waals surface area contributed by atoms with Crippen molar-refractivity contribution in [2.75, 3.05) is 17.7 Å². The maximum atomic E-state index is 12.3. The minimum Gasteiger partial charge on any atom is -0.497 e. The maximum Gasteiger partial charge on any atom is 0.259 e. The van der Waals surface area contributed by atoms with E-state index in [1.54, 1.807) is 24.3 Å². The number of nitrogens with one attached hydrogen (secondary N) is 2. The Morgan fingerprint density at radius 1 is 1.33 bits per heavy atom. The standard InChI is InChI=1S/C14H12ClN3O3/c1-21-10-3-4-12(17-8-19)11(6-10)14(20)18-13-5-2-9(15)7-16-13/h2-8H,1H3,(H,17,19)(H,16,18,20). The van der Waals surface area contributed by atoms with Crippen LogP contribution in [0.5, 0.6) is 5.75 Å². The van der Waals surface area contributed by atoms with E-state index in [4.69, 9.17) is 16.3 Å². The summed E-state index contributed by atoms with van der Waals surface area (Å²) >= 11 is 5.73. The summed E-state index contributed by atoms with van der Waals surface area (Å²) in [6.45, 7) is 0. The molecule has 0 unspecified atom stereocenters. The number of carbonyl (C=O) groups excluding carboxylic acids is 2. The highest BCUT2D eigenvalue weighted by molar-refractivity contribution is 6.30. The molecule has 1 aromatic heterocycles. The number of nitrogens with zero attached hydrogens (tertiary/aromatic N) is 1. The third kappa shape index (κ3) is 3.70. The number of carbonyl (C=O) groups is 2. The van der Waals surface area contributed by atoms with Gasteiger partial charge in [0, 0.05) is 6.20 Å². The molecule has 1 aromatic carbocycles. The van der Waals surface area contributed by atoms with Crippen molar-refractivity contribution in [2.45, 2.75) is 0 Å². The van der Waals surface area contributed by atoms with Gasteiger partial charge < -0.3 is 15.4 Å². The fraction of sp³-hybridized carbons (Fsp3) is 0.0714. The van der Waals surface area contributed by atoms with Gasteiger partial charge in [0.05, 0.1) is 23.4 Å². The molecule has 2 amide bonds. The number of halogens is 1. The SMILES string of the molecule is COc1ccc(NC=O)c(C(=O)Nc2ccc(Cl)cn2)c1. The van der Waals surface area contributed by atoms with Crippen molar-refractivity contribution in [2.24, 2.45) is 0 Å². The molecule has 1 heterocycles. The predicted octanol–water partition coefficient (Wildman–Crippen LogP) is 2.56. The minimum absolute atomic E-state index is 0.262. The van der Waals surface area contributed by atoms with E-state index in [0.717, 1.165) is 0 Å². The molecule has 0 fully saturated rings. The summed E-state index contributed by atoms with van der Waals surface area (Å²) in [6, 6.07) is 7.94. The van der Waals surface area contributed by atoms with Gasteiger partial charge in [0.25, 0.3) is 5.91 Å². The van der Waals surface area contributed by atoms with E-state index in [1.807, 2.05) is 0 Å². The third-order valence-corrected chi connectivity index (χ3v) is 2.88. The van der Waals surface area contributed by atoms with Crippen LogP contribution in [0.25, 0.3) is 0 Å². The molecule has 108 valence electrons. The van der Waals surface area contributed by atoms with Crippen molar-refractivity contribution in [1.29, 1.82) is 0 Å². The summed E-state index contributed by atoms with van der Waals surface area (Å²) in [5.41, 5.74) is 0.635. The lowest BCUT2D eigenvalue weighted by atomic mass is 10.1. The number of aromatic nitrogens is 1. The van der Waals surface area contributed by atoms with E-state index in [-0.39, 0.29) is 5.56 Å². The number of benzene rings is 1. The van der Waals surface area contributed by atoms with Crippen LogP contribution in [0.3, 0.4) is 0 Å². The Bertz CT molecular complexity index is 659. The van der Waals surface area contributed by atoms with Gasteiger partial charge in [0.2, 0.25) is 6.41 Å². The number of amides is 2. The van der Waals surface area contributed by atoms with Crippen LogP contribution in [-0.4, -0.2) is 24.4 Å². The molecule has 2 N–H and O–H groups in total. The lowest BCUT2D eigenvalue weighted by Crippen LogP contribution is -2.15. The molecule has 7 heteroatoms. The average Bonchev–Trinajstić information content (AvgIpc) is 2.50. The fourth-order valence-electron chi connectivity index (χ4n) is 1.66. The Balaban J connectivity index is 2.28. The Kier molecular flexibility index (Phi) is 4.73. The Labute approximate surface area is 126 Å². The van der Waals surface area contributed by atoms with Crippen LogP contribution in [0.1, 0.15) is 10.4 Å². The van der Waals surface area contributed by atoms with E-state index >= 15 is 0 Å². The Morgan fingerprint density at radius 3 is 2.76 bits per heavy atom. The van der Waals surface area contributed by atoms with Gasteiger partial charge in [-0.05, 0) is 30.3 Å². The molecule has 0 aliphatic heterocycles. The lowest BCUT2D eigenvalue weighted by molar-refractivity contribution is -0.105. The zero-order valence-corrected chi connectivity index (χ0v) is 11.8. The van der Waals surface area contributed by atoms with Crippen LogP contribution in [0.4, 0.5) is 11.5 Å². The van der Waals surface area contributed by atoms with Crippen molar-refractivity contribution in [3.05, 3.63) is 47.1 Å². The number of anilines is 2. The summed E-state index contributed by atoms with van der Waals surface area (Å²) < 4.78 is 5.07. The molecule has 6 nitrogen and oxygen atoms in total. The number of rotatable bonds is 5. The number of methoxy groups -OCH3 is 1. The Morgan fingerprint density at radius 2 is 2.14 bits per heavy atom. The molecule has 0 spiro atoms. The van der Waals surface area contributed by atoms with Gasteiger partial charge in [0.1, 0.15) is 11.6 Å². The molecule has 2 aromatic rings. The summed E-state index contributed by atoms with van der Waals surface area (Å²) in [5, 5.41) is 5.55. The van der Waals surface area contributed by atoms with Crippen molar-refractivity contribution >= 4 is 35.4 Å². The molecule has 21 heavy (non-hydrogen) atoms. The average molecular weight is 306 g/mol. The molecular weight excluding hydrogens is 294 g/mol. The molecular formula is C14H12ClN3O3. The molecule has 0 aliphatic rings. The van der Waals surface area contributed by atoms with Gasteiger partial charge in [-0.25, -0.2) is 4.98 Å². The highest BCUT2D eigenvalue weighted by atomic mass is 35.5. The van der Waals surface area contributed by atoms with Crippen LogP contribution in [0, 0.1) is 0 Å². The molecule has 0 bridgehead atoms. The van der Waals surface area contributed by atoms with E-state index in [9.17, 15) is 9.59 Å². The topological polar surface area (TPSA) is 80.3 Å². The molecule has 2 rings (SSSR count). The summed E-state index contributed by atoms with van der Waals surface area (Å²) in [7, 11) is 1.49. The van der Waals surface area contributed by atoms with Gasteiger partial charge in [-0.15, -0.1) is 0 Å². The summed E-state index contributed by atoms with van der Waals surface area (Å²) in [6.07, 6.45) is 1.92. The van der Waals surface area contributed by atoms with Crippen LogP contribution in [0.2, 0.25) is 5.02 Å². The van der Waals surface area contributed by atoms with Crippen molar-refractivity contribution in [3.63, 3.8) is 0 Å². The van der Waals surface area contributed by atoms with E-state index < -0.39 is 5.91 Å². The molecule has 0 atom stereocenters. The molecule has 0 aliphatic carbocycles. The van der Waals surface area contributed by atoms with Crippen molar-refractivity contribution < 1.29 is 14.3 Å². The van der Waals surface area contributed by atoms with Crippen molar-refractivity contribution in [1.82, 2.24) is 4.98 Å². The smallest absolute Gasteiger partial charge is 0.259 e. The monoisotopic (exact) mass is 305 g/mol. The van der Waals surface area contributed by atoms with E-state index in [0.29, 0.717) is 28.7 Å². The molecule has 0 saturated heterocycles. The highest BCUT2D eigenvalue weighted by Crippen LogP contribution is 2.22. The summed E-state index contributed by atoms with van der Waals surface area (Å²) in [4.78, 5) is 26.8. The van der Waals surface area contributed by atoms with E-state index in [2.05, 4.69) is 15.6 Å². The second-order valence-electron chi connectivity index (χ2n) is 3.99. The minimum atomic E-state index is -0.423. The number of hydrogen-bond donors (Lipinski definition) is 2. The number of pyridine rings is 1. The lowest BCUT2D eigenvalue weighted by Gasteiger charge is -2.10. The fourth-order valence-corrected chi connectivity index (χ4v) is 1.77. The first-order valence-electron chi connectivity index (χ1n) is 5.95. The molecule has 0 saturated carbocycles. The van der Waals surface area contributed by atoms with Crippen LogP contribution in [0.15, 0.2) is 36.5 Å². The van der Waals surface area contributed by atoms with Gasteiger partial charge >= 0.3 is 0 Å².